The molecule has 0 radical (unpaired) electrons. The highest BCUT2D eigenvalue weighted by atomic mass is 16.5. The first kappa shape index (κ1) is 66.2. The third-order valence-corrected chi connectivity index (χ3v) is 16.5. The summed E-state index contributed by atoms with van der Waals surface area (Å²) in [5.74, 6) is 2.00. The van der Waals surface area contributed by atoms with Gasteiger partial charge in [-0.25, -0.2) is 0 Å². The van der Waals surface area contributed by atoms with Gasteiger partial charge < -0.3 is 18.9 Å². The molecule has 84 heavy (non-hydrogen) atoms. The monoisotopic (exact) mass is 1150 g/mol. The van der Waals surface area contributed by atoms with Crippen LogP contribution in [-0.4, -0.2) is 188 Å². The van der Waals surface area contributed by atoms with E-state index in [1.165, 1.54) is 22.3 Å². The van der Waals surface area contributed by atoms with Crippen LogP contribution < -0.4 is 0 Å². The second-order valence-electron chi connectivity index (χ2n) is 26.1. The second-order valence-corrected chi connectivity index (χ2v) is 26.1. The predicted octanol–water partition coefficient (Wildman–Crippen LogP) is 10.9. The van der Waals surface area contributed by atoms with Gasteiger partial charge in [0.15, 0.2) is 0 Å². The van der Waals surface area contributed by atoms with E-state index in [4.69, 9.17) is 18.9 Å². The van der Waals surface area contributed by atoms with Gasteiger partial charge in [-0.3, -0.25) is 48.9 Å². The smallest absolute Gasteiger partial charge is 0.107 e. The van der Waals surface area contributed by atoms with Gasteiger partial charge in [0, 0.05) is 87.5 Å². The summed E-state index contributed by atoms with van der Waals surface area (Å²) in [7, 11) is 9.07. The molecule has 0 spiro atoms. The number of nitrogens with zero attached hydrogens (tertiary/aromatic N) is 12. The molecule has 0 amide bonds. The molecule has 16 heteroatoms. The summed E-state index contributed by atoms with van der Waals surface area (Å²) in [6, 6.07) is 22.8. The molecule has 4 aromatic heterocycles. The molecule has 1 aliphatic rings. The molecule has 0 unspecified atom stereocenters. The van der Waals surface area contributed by atoms with Crippen molar-refractivity contribution in [2.24, 2.45) is 23.7 Å². The van der Waals surface area contributed by atoms with Crippen LogP contribution in [0, 0.1) is 23.7 Å². The Balaban J connectivity index is 1.11. The third-order valence-electron chi connectivity index (χ3n) is 16.5. The Bertz CT molecular complexity index is 2540. The fourth-order valence-corrected chi connectivity index (χ4v) is 11.9. The first-order chi connectivity index (χ1) is 40.3. The lowest BCUT2D eigenvalue weighted by molar-refractivity contribution is -0.0536. The van der Waals surface area contributed by atoms with Gasteiger partial charge in [-0.2, -0.15) is 10.2 Å². The zero-order chi connectivity index (χ0) is 60.1. The largest absolute Gasteiger partial charge is 0.376 e. The van der Waals surface area contributed by atoms with E-state index in [1.54, 1.807) is 37.2 Å². The SMILES string of the molecule is CC(C)C[C@H]1CO[C@H](C)CN(C)[C@@H](CC(C)C)CO[C@H](Cc2ccc(Cn3nccc3-c3cnccn3)cc2)CN(C)[C@@H](CC(C)C)CO[C@H](C)CN(C)[C@@H](CC(C)C)CO[C@H](Cc2ccc(Cn3nccc3-c3cnccn3)cc2)CN1C. The lowest BCUT2D eigenvalue weighted by Gasteiger charge is -2.37. The molecular weight excluding hydrogens is 1050 g/mol. The van der Waals surface area contributed by atoms with Crippen LogP contribution in [0.4, 0.5) is 0 Å². The first-order valence-corrected chi connectivity index (χ1v) is 31.3. The average molecular weight is 1150 g/mol. The van der Waals surface area contributed by atoms with Crippen LogP contribution >= 0.6 is 0 Å². The Morgan fingerprint density at radius 1 is 0.405 bits per heavy atom. The van der Waals surface area contributed by atoms with Gasteiger partial charge in [0.25, 0.3) is 0 Å². The van der Waals surface area contributed by atoms with Crippen LogP contribution in [0.25, 0.3) is 22.8 Å². The van der Waals surface area contributed by atoms with Crippen LogP contribution in [0.5, 0.6) is 0 Å². The van der Waals surface area contributed by atoms with Crippen molar-refractivity contribution in [3.63, 3.8) is 0 Å². The molecule has 1 saturated heterocycles. The van der Waals surface area contributed by atoms with Crippen LogP contribution in [0.15, 0.2) is 110 Å². The Morgan fingerprint density at radius 2 is 0.726 bits per heavy atom. The Hall–Kier alpha value is -5.30. The van der Waals surface area contributed by atoms with Gasteiger partial charge in [0.05, 0.1) is 87.7 Å². The zero-order valence-electron chi connectivity index (χ0n) is 53.6. The van der Waals surface area contributed by atoms with Crippen molar-refractivity contribution in [1.82, 2.24) is 59.1 Å². The quantitative estimate of drug-likeness (QED) is 0.0807. The minimum absolute atomic E-state index is 0.0210. The maximum Gasteiger partial charge on any atom is 0.107 e. The highest BCUT2D eigenvalue weighted by Crippen LogP contribution is 2.24. The molecule has 0 aliphatic carbocycles. The molecule has 460 valence electrons. The third kappa shape index (κ3) is 21.6. The van der Waals surface area contributed by atoms with Crippen molar-refractivity contribution in [2.45, 2.75) is 169 Å². The van der Waals surface area contributed by atoms with E-state index in [0.717, 1.165) is 87.5 Å². The molecular formula is C68H104N12O4. The van der Waals surface area contributed by atoms with Gasteiger partial charge in [0.2, 0.25) is 0 Å². The first-order valence-electron chi connectivity index (χ1n) is 31.3. The topological polar surface area (TPSA) is 137 Å². The Morgan fingerprint density at radius 3 is 1.05 bits per heavy atom. The van der Waals surface area contributed by atoms with Crippen molar-refractivity contribution in [3.05, 3.63) is 132 Å². The summed E-state index contributed by atoms with van der Waals surface area (Å²) in [4.78, 5) is 27.7. The van der Waals surface area contributed by atoms with Crippen LogP contribution in [0.3, 0.4) is 0 Å². The Kier molecular flexibility index (Phi) is 26.5. The fourth-order valence-electron chi connectivity index (χ4n) is 11.9. The van der Waals surface area contributed by atoms with E-state index >= 15 is 0 Å². The molecule has 2 aromatic carbocycles. The van der Waals surface area contributed by atoms with Crippen molar-refractivity contribution >= 4 is 0 Å². The molecule has 7 rings (SSSR count). The van der Waals surface area contributed by atoms with Crippen molar-refractivity contribution in [1.29, 1.82) is 0 Å². The second kappa shape index (κ2) is 33.6. The van der Waals surface area contributed by atoms with Crippen LogP contribution in [0.1, 0.15) is 117 Å². The fraction of sp³-hybridized carbons (Fsp3) is 0.618. The summed E-state index contributed by atoms with van der Waals surface area (Å²) >= 11 is 0. The van der Waals surface area contributed by atoms with Crippen molar-refractivity contribution in [2.75, 3.05) is 80.8 Å². The number of benzene rings is 2. The molecule has 1 aliphatic heterocycles. The molecule has 16 nitrogen and oxygen atoms in total. The summed E-state index contributed by atoms with van der Waals surface area (Å²) in [6.07, 6.45) is 19.7. The van der Waals surface area contributed by atoms with Crippen molar-refractivity contribution in [3.8, 4) is 22.8 Å². The van der Waals surface area contributed by atoms with Crippen LogP contribution in [0.2, 0.25) is 0 Å². The molecule has 1 fully saturated rings. The number of hydrogen-bond donors (Lipinski definition) is 0. The molecule has 0 saturated carbocycles. The lowest BCUT2D eigenvalue weighted by Crippen LogP contribution is -2.47. The van der Waals surface area contributed by atoms with Crippen molar-refractivity contribution < 1.29 is 18.9 Å². The van der Waals surface area contributed by atoms with E-state index < -0.39 is 0 Å². The number of ether oxygens (including phenoxy) is 4. The number of aromatic nitrogens is 8. The number of hydrogen-bond acceptors (Lipinski definition) is 14. The maximum atomic E-state index is 7.23. The standard InChI is InChI=1S/C68H104N12O4/c1-49(2)31-59-45-81-53(9)39-75(11)62(34-52(7)8)48-84-64(36-56-17-21-58(22-18-56)42-80-68(24-26-74-80)66-38-70-28-30-72-66)44-78(14)60(32-50(3)4)46-82-54(10)40-76(12)61(33-51(5)6)47-83-63(43-77(59)13)35-55-15-19-57(20-16-55)41-79-67(23-25-73-79)65-37-69-27-29-71-65/h15-30,37-38,49-54,59-64H,31-36,39-48H2,1-14H3/t53-,54-,59+,60+,61+,62+,63-,64-/m1/s1. The number of rotatable bonds is 18. The highest BCUT2D eigenvalue weighted by Gasteiger charge is 2.29. The van der Waals surface area contributed by atoms with Gasteiger partial charge in [-0.1, -0.05) is 104 Å². The average Bonchev–Trinajstić information content (AvgIpc) is 4.35. The minimum Gasteiger partial charge on any atom is -0.376 e. The molecule has 0 bridgehead atoms. The van der Waals surface area contributed by atoms with E-state index in [-0.39, 0.29) is 48.6 Å². The zero-order valence-corrected chi connectivity index (χ0v) is 53.6. The lowest BCUT2D eigenvalue weighted by atomic mass is 10.0. The summed E-state index contributed by atoms with van der Waals surface area (Å²) in [5.41, 5.74) is 8.36. The Labute approximate surface area is 505 Å². The predicted molar refractivity (Wildman–Crippen MR) is 339 cm³/mol. The number of likely N-dealkylation sites (N-methyl/N-ethyl adjacent to an activating group) is 4. The van der Waals surface area contributed by atoms with Crippen LogP contribution in [-0.2, 0) is 44.9 Å². The van der Waals surface area contributed by atoms with Gasteiger partial charge >= 0.3 is 0 Å². The highest BCUT2D eigenvalue weighted by molar-refractivity contribution is 5.53. The summed E-state index contributed by atoms with van der Waals surface area (Å²) < 4.78 is 32.3. The van der Waals surface area contributed by atoms with E-state index in [9.17, 15) is 0 Å². The molecule has 0 N–H and O–H groups in total. The van der Waals surface area contributed by atoms with Gasteiger partial charge in [-0.05, 0) is 139 Å². The normalized spacial score (nSPS) is 23.6. The minimum atomic E-state index is -0.0412. The summed E-state index contributed by atoms with van der Waals surface area (Å²) in [5, 5.41) is 9.28. The van der Waals surface area contributed by atoms with Gasteiger partial charge in [-0.15, -0.1) is 0 Å². The van der Waals surface area contributed by atoms with Gasteiger partial charge in [0.1, 0.15) is 11.4 Å². The van der Waals surface area contributed by atoms with E-state index in [2.05, 4.69) is 196 Å². The molecule has 8 atom stereocenters. The maximum absolute atomic E-state index is 7.23. The molecule has 6 aromatic rings. The van der Waals surface area contributed by atoms with E-state index in [0.29, 0.717) is 63.2 Å². The summed E-state index contributed by atoms with van der Waals surface area (Å²) in [6.45, 7) is 30.1. The van der Waals surface area contributed by atoms with E-state index in [1.807, 2.05) is 33.9 Å². The molecule has 5 heterocycles.